The van der Waals surface area contributed by atoms with Gasteiger partial charge < -0.3 is 5.11 Å². The van der Waals surface area contributed by atoms with Crippen LogP contribution < -0.4 is 0 Å². The van der Waals surface area contributed by atoms with Gasteiger partial charge in [0, 0.05) is 4.91 Å². The summed E-state index contributed by atoms with van der Waals surface area (Å²) in [6, 6.07) is -0.221. The zero-order chi connectivity index (χ0) is 8.32. The van der Waals surface area contributed by atoms with Crippen LogP contribution >= 0.6 is 0 Å². The predicted molar refractivity (Wildman–Crippen MR) is 42.0 cm³/mol. The molecular formula is C7H13N3O. The standard InChI is InChI=1S/C7H13N3O/c1-7(11)5-3-2-4-6(7)9-10-8/h6,11H,2-5H2,1H3/t6-,7-/m0/s1. The van der Waals surface area contributed by atoms with Crippen LogP contribution in [0.15, 0.2) is 5.11 Å². The molecule has 1 saturated carbocycles. The monoisotopic (exact) mass is 155 g/mol. The Kier molecular flexibility index (Phi) is 2.37. The molecule has 0 aromatic heterocycles. The Morgan fingerprint density at radius 2 is 2.36 bits per heavy atom. The van der Waals surface area contributed by atoms with E-state index < -0.39 is 5.60 Å². The van der Waals surface area contributed by atoms with E-state index in [1.165, 1.54) is 0 Å². The quantitative estimate of drug-likeness (QED) is 0.351. The number of nitrogens with zero attached hydrogens (tertiary/aromatic N) is 3. The number of azide groups is 1. The van der Waals surface area contributed by atoms with Crippen LogP contribution in [0.4, 0.5) is 0 Å². The lowest BCUT2D eigenvalue weighted by Crippen LogP contribution is -2.40. The fraction of sp³-hybridized carbons (Fsp3) is 1.00. The molecule has 0 aromatic carbocycles. The summed E-state index contributed by atoms with van der Waals surface area (Å²) >= 11 is 0. The molecule has 11 heavy (non-hydrogen) atoms. The summed E-state index contributed by atoms with van der Waals surface area (Å²) in [4.78, 5) is 2.72. The molecule has 0 radical (unpaired) electrons. The third kappa shape index (κ3) is 1.85. The molecule has 2 atom stereocenters. The maximum Gasteiger partial charge on any atom is 0.0704 e. The molecule has 0 bridgehead atoms. The average molecular weight is 155 g/mol. The van der Waals surface area contributed by atoms with Gasteiger partial charge in [-0.15, -0.1) is 0 Å². The Labute approximate surface area is 65.9 Å². The molecule has 0 aromatic rings. The summed E-state index contributed by atoms with van der Waals surface area (Å²) in [5.41, 5.74) is 7.42. The number of aliphatic hydroxyl groups is 1. The Balaban J connectivity index is 2.66. The van der Waals surface area contributed by atoms with E-state index in [-0.39, 0.29) is 6.04 Å². The molecule has 0 aliphatic heterocycles. The van der Waals surface area contributed by atoms with Crippen LogP contribution in [0.2, 0.25) is 0 Å². The van der Waals surface area contributed by atoms with Crippen LogP contribution in [0.1, 0.15) is 32.6 Å². The highest BCUT2D eigenvalue weighted by molar-refractivity contribution is 4.91. The molecule has 1 N–H and O–H groups in total. The summed E-state index contributed by atoms with van der Waals surface area (Å²) in [6.07, 6.45) is 3.65. The average Bonchev–Trinajstić information content (AvgIpc) is 1.94. The fourth-order valence-corrected chi connectivity index (χ4v) is 1.54. The number of rotatable bonds is 1. The van der Waals surface area contributed by atoms with Crippen LogP contribution in [-0.4, -0.2) is 16.7 Å². The summed E-state index contributed by atoms with van der Waals surface area (Å²) in [5, 5.41) is 13.3. The largest absolute Gasteiger partial charge is 0.390 e. The van der Waals surface area contributed by atoms with Gasteiger partial charge in [0.05, 0.1) is 11.6 Å². The Morgan fingerprint density at radius 3 is 2.91 bits per heavy atom. The molecule has 0 amide bonds. The van der Waals surface area contributed by atoms with Crippen molar-refractivity contribution in [3.63, 3.8) is 0 Å². The first-order valence-electron chi connectivity index (χ1n) is 3.93. The molecule has 0 spiro atoms. The molecule has 4 heteroatoms. The Morgan fingerprint density at radius 1 is 1.64 bits per heavy atom. The van der Waals surface area contributed by atoms with Gasteiger partial charge >= 0.3 is 0 Å². The topological polar surface area (TPSA) is 69.0 Å². The first-order chi connectivity index (χ1) is 5.17. The smallest absolute Gasteiger partial charge is 0.0704 e. The van der Waals surface area contributed by atoms with Gasteiger partial charge in [0.25, 0.3) is 0 Å². The molecule has 1 fully saturated rings. The minimum absolute atomic E-state index is 0.221. The zero-order valence-corrected chi connectivity index (χ0v) is 6.69. The van der Waals surface area contributed by atoms with Gasteiger partial charge in [-0.1, -0.05) is 18.0 Å². The van der Waals surface area contributed by atoms with Gasteiger partial charge in [0.15, 0.2) is 0 Å². The maximum atomic E-state index is 9.70. The van der Waals surface area contributed by atoms with E-state index in [4.69, 9.17) is 5.53 Å². The third-order valence-electron chi connectivity index (χ3n) is 2.32. The Bertz CT molecular complexity index is 184. The zero-order valence-electron chi connectivity index (χ0n) is 6.69. The second-order valence-electron chi connectivity index (χ2n) is 3.32. The molecule has 4 nitrogen and oxygen atoms in total. The maximum absolute atomic E-state index is 9.70. The second kappa shape index (κ2) is 3.11. The van der Waals surface area contributed by atoms with Crippen LogP contribution in [0.5, 0.6) is 0 Å². The molecule has 0 heterocycles. The van der Waals surface area contributed by atoms with E-state index in [0.29, 0.717) is 0 Å². The highest BCUT2D eigenvalue weighted by Gasteiger charge is 2.33. The van der Waals surface area contributed by atoms with Gasteiger partial charge in [0.2, 0.25) is 0 Å². The highest BCUT2D eigenvalue weighted by Crippen LogP contribution is 2.30. The SMILES string of the molecule is C[C@]1(O)CCCC[C@@H]1N=[N+]=[N-]. The van der Waals surface area contributed by atoms with E-state index in [1.54, 1.807) is 6.92 Å². The molecule has 0 unspecified atom stereocenters. The van der Waals surface area contributed by atoms with Gasteiger partial charge in [-0.05, 0) is 25.3 Å². The van der Waals surface area contributed by atoms with E-state index >= 15 is 0 Å². The molecule has 62 valence electrons. The van der Waals surface area contributed by atoms with Crippen molar-refractivity contribution in [2.24, 2.45) is 5.11 Å². The van der Waals surface area contributed by atoms with Crippen molar-refractivity contribution >= 4 is 0 Å². The minimum Gasteiger partial charge on any atom is -0.390 e. The molecule has 1 aliphatic carbocycles. The second-order valence-corrected chi connectivity index (χ2v) is 3.32. The van der Waals surface area contributed by atoms with E-state index in [0.717, 1.165) is 25.7 Å². The minimum atomic E-state index is -0.773. The third-order valence-corrected chi connectivity index (χ3v) is 2.32. The number of hydrogen-bond acceptors (Lipinski definition) is 2. The van der Waals surface area contributed by atoms with Crippen molar-refractivity contribution in [1.29, 1.82) is 0 Å². The first-order valence-corrected chi connectivity index (χ1v) is 3.93. The van der Waals surface area contributed by atoms with Crippen LogP contribution in [0.3, 0.4) is 0 Å². The van der Waals surface area contributed by atoms with E-state index in [9.17, 15) is 5.11 Å². The molecule has 0 saturated heterocycles. The summed E-state index contributed by atoms with van der Waals surface area (Å²) < 4.78 is 0. The van der Waals surface area contributed by atoms with Crippen molar-refractivity contribution in [1.82, 2.24) is 0 Å². The van der Waals surface area contributed by atoms with Gasteiger partial charge in [-0.2, -0.15) is 0 Å². The summed E-state index contributed by atoms with van der Waals surface area (Å²) in [5.74, 6) is 0. The van der Waals surface area contributed by atoms with Crippen molar-refractivity contribution < 1.29 is 5.11 Å². The summed E-state index contributed by atoms with van der Waals surface area (Å²) in [7, 11) is 0. The normalized spacial score (nSPS) is 37.8. The van der Waals surface area contributed by atoms with Gasteiger partial charge in [-0.3, -0.25) is 0 Å². The fourth-order valence-electron chi connectivity index (χ4n) is 1.54. The lowest BCUT2D eigenvalue weighted by Gasteiger charge is -2.33. The van der Waals surface area contributed by atoms with Crippen LogP contribution in [0.25, 0.3) is 10.4 Å². The lowest BCUT2D eigenvalue weighted by molar-refractivity contribution is 0.00380. The number of hydrogen-bond donors (Lipinski definition) is 1. The van der Waals surface area contributed by atoms with Crippen LogP contribution in [0, 0.1) is 0 Å². The summed E-state index contributed by atoms with van der Waals surface area (Å²) in [6.45, 7) is 1.74. The predicted octanol–water partition coefficient (Wildman–Crippen LogP) is 1.99. The highest BCUT2D eigenvalue weighted by atomic mass is 16.3. The van der Waals surface area contributed by atoms with Crippen molar-refractivity contribution in [2.75, 3.05) is 0 Å². The molecule has 1 rings (SSSR count). The van der Waals surface area contributed by atoms with Crippen molar-refractivity contribution in [2.45, 2.75) is 44.2 Å². The van der Waals surface area contributed by atoms with Gasteiger partial charge in [-0.25, -0.2) is 0 Å². The van der Waals surface area contributed by atoms with Crippen molar-refractivity contribution in [3.8, 4) is 0 Å². The van der Waals surface area contributed by atoms with Crippen molar-refractivity contribution in [3.05, 3.63) is 10.4 Å². The van der Waals surface area contributed by atoms with Crippen LogP contribution in [-0.2, 0) is 0 Å². The van der Waals surface area contributed by atoms with E-state index in [2.05, 4.69) is 10.0 Å². The van der Waals surface area contributed by atoms with Gasteiger partial charge in [0.1, 0.15) is 0 Å². The lowest BCUT2D eigenvalue weighted by atomic mass is 9.82. The molecular weight excluding hydrogens is 142 g/mol. The van der Waals surface area contributed by atoms with E-state index in [1.807, 2.05) is 0 Å². The first kappa shape index (κ1) is 8.37. The molecule has 1 aliphatic rings. The Hall–Kier alpha value is -0.730.